The lowest BCUT2D eigenvalue weighted by Crippen LogP contribution is -2.08. The molecule has 2 rings (SSSR count). The molecule has 0 N–H and O–H groups in total. The number of aromatic nitrogens is 4. The summed E-state index contributed by atoms with van der Waals surface area (Å²) in [6, 6.07) is 3.75. The number of hydrogen-bond donors (Lipinski definition) is 0. The van der Waals surface area contributed by atoms with E-state index in [9.17, 15) is 0 Å². The van der Waals surface area contributed by atoms with Crippen LogP contribution in [0.1, 0.15) is 19.5 Å². The first-order valence-electron chi connectivity index (χ1n) is 5.17. The van der Waals surface area contributed by atoms with Gasteiger partial charge in [-0.3, -0.25) is 0 Å². The molecule has 5 nitrogen and oxygen atoms in total. The van der Waals surface area contributed by atoms with Gasteiger partial charge in [-0.15, -0.1) is 5.10 Å². The minimum atomic E-state index is 0.0870. The highest BCUT2D eigenvalue weighted by atomic mass is 16.5. The molecule has 5 heteroatoms. The number of hydrogen-bond acceptors (Lipinski definition) is 4. The first kappa shape index (κ1) is 10.6. The van der Waals surface area contributed by atoms with E-state index in [1.54, 1.807) is 10.9 Å². The summed E-state index contributed by atoms with van der Waals surface area (Å²) >= 11 is 0. The van der Waals surface area contributed by atoms with Crippen molar-refractivity contribution in [1.82, 2.24) is 20.0 Å². The Morgan fingerprint density at radius 3 is 2.81 bits per heavy atom. The highest BCUT2D eigenvalue weighted by Crippen LogP contribution is 2.12. The molecule has 0 amide bonds. The van der Waals surface area contributed by atoms with Crippen molar-refractivity contribution >= 4 is 0 Å². The van der Waals surface area contributed by atoms with Crippen LogP contribution in [-0.2, 0) is 0 Å². The van der Waals surface area contributed by atoms with E-state index in [1.165, 1.54) is 0 Å². The van der Waals surface area contributed by atoms with E-state index in [0.29, 0.717) is 5.88 Å². The molecule has 84 valence electrons. The van der Waals surface area contributed by atoms with Gasteiger partial charge in [-0.2, -0.15) is 10.2 Å². The smallest absolute Gasteiger partial charge is 0.235 e. The van der Waals surface area contributed by atoms with Crippen molar-refractivity contribution in [3.8, 4) is 11.6 Å². The summed E-state index contributed by atoms with van der Waals surface area (Å²) in [5.74, 6) is 0.514. The number of rotatable bonds is 3. The maximum atomic E-state index is 5.47. The zero-order valence-corrected chi connectivity index (χ0v) is 9.58. The Bertz CT molecular complexity index is 478. The number of aryl methyl sites for hydroxylation is 1. The zero-order valence-electron chi connectivity index (χ0n) is 9.58. The minimum Gasteiger partial charge on any atom is -0.474 e. The summed E-state index contributed by atoms with van der Waals surface area (Å²) < 4.78 is 7.22. The van der Waals surface area contributed by atoms with Gasteiger partial charge in [0.1, 0.15) is 0 Å². The maximum absolute atomic E-state index is 5.47. The molecule has 2 aromatic heterocycles. The molecule has 16 heavy (non-hydrogen) atoms. The normalized spacial score (nSPS) is 10.8. The van der Waals surface area contributed by atoms with E-state index in [-0.39, 0.29) is 6.10 Å². The molecular weight excluding hydrogens is 204 g/mol. The average Bonchev–Trinajstić information content (AvgIpc) is 2.64. The van der Waals surface area contributed by atoms with E-state index in [4.69, 9.17) is 4.74 Å². The third kappa shape index (κ3) is 2.36. The van der Waals surface area contributed by atoms with Crippen LogP contribution in [-0.4, -0.2) is 26.1 Å². The fraction of sp³-hybridized carbons (Fsp3) is 0.364. The standard InChI is InChI=1S/C11H14N4O/c1-8(2)16-11-6-10(7-12-13-11)15-5-4-9(3)14-15/h4-8H,1-3H3. The minimum absolute atomic E-state index is 0.0870. The van der Waals surface area contributed by atoms with Crippen LogP contribution in [0.2, 0.25) is 0 Å². The van der Waals surface area contributed by atoms with E-state index in [2.05, 4.69) is 15.3 Å². The first-order valence-corrected chi connectivity index (χ1v) is 5.17. The highest BCUT2D eigenvalue weighted by Gasteiger charge is 2.04. The number of nitrogens with zero attached hydrogens (tertiary/aromatic N) is 4. The predicted molar refractivity (Wildman–Crippen MR) is 59.7 cm³/mol. The van der Waals surface area contributed by atoms with Gasteiger partial charge in [-0.25, -0.2) is 4.68 Å². The van der Waals surface area contributed by atoms with Gasteiger partial charge in [0.25, 0.3) is 0 Å². The second-order valence-electron chi connectivity index (χ2n) is 3.82. The molecule has 0 bridgehead atoms. The van der Waals surface area contributed by atoms with Crippen molar-refractivity contribution < 1.29 is 4.74 Å². The van der Waals surface area contributed by atoms with Gasteiger partial charge in [0.05, 0.1) is 23.7 Å². The molecule has 0 fully saturated rings. The van der Waals surface area contributed by atoms with Crippen LogP contribution in [0.3, 0.4) is 0 Å². The van der Waals surface area contributed by atoms with Gasteiger partial charge in [0, 0.05) is 12.3 Å². The van der Waals surface area contributed by atoms with Crippen LogP contribution < -0.4 is 4.74 Å². The molecule has 0 aliphatic heterocycles. The van der Waals surface area contributed by atoms with Crippen molar-refractivity contribution in [2.45, 2.75) is 26.9 Å². The Labute approximate surface area is 94.1 Å². The zero-order chi connectivity index (χ0) is 11.5. The second-order valence-corrected chi connectivity index (χ2v) is 3.82. The van der Waals surface area contributed by atoms with Gasteiger partial charge >= 0.3 is 0 Å². The number of ether oxygens (including phenoxy) is 1. The van der Waals surface area contributed by atoms with E-state index >= 15 is 0 Å². The molecule has 0 radical (unpaired) electrons. The van der Waals surface area contributed by atoms with Crippen molar-refractivity contribution in [1.29, 1.82) is 0 Å². The summed E-state index contributed by atoms with van der Waals surface area (Å²) in [4.78, 5) is 0. The molecule has 0 aromatic carbocycles. The Kier molecular flexibility index (Phi) is 2.85. The first-order chi connectivity index (χ1) is 7.65. The topological polar surface area (TPSA) is 52.8 Å². The maximum Gasteiger partial charge on any atom is 0.235 e. The third-order valence-electron chi connectivity index (χ3n) is 1.96. The Morgan fingerprint density at radius 1 is 1.38 bits per heavy atom. The molecular formula is C11H14N4O. The average molecular weight is 218 g/mol. The summed E-state index contributed by atoms with van der Waals surface area (Å²) in [5.41, 5.74) is 1.81. The van der Waals surface area contributed by atoms with Crippen LogP contribution >= 0.6 is 0 Å². The monoisotopic (exact) mass is 218 g/mol. The molecule has 2 heterocycles. The van der Waals surface area contributed by atoms with Gasteiger partial charge in [0.2, 0.25) is 5.88 Å². The SMILES string of the molecule is Cc1ccn(-c2cnnc(OC(C)C)c2)n1. The molecule has 0 aliphatic rings. The van der Waals surface area contributed by atoms with Gasteiger partial charge in [-0.05, 0) is 26.8 Å². The lowest BCUT2D eigenvalue weighted by molar-refractivity contribution is 0.230. The van der Waals surface area contributed by atoms with Crippen molar-refractivity contribution in [3.63, 3.8) is 0 Å². The molecule has 0 spiro atoms. The Hall–Kier alpha value is -1.91. The molecule has 2 aromatic rings. The van der Waals surface area contributed by atoms with E-state index in [1.807, 2.05) is 39.1 Å². The van der Waals surface area contributed by atoms with E-state index in [0.717, 1.165) is 11.4 Å². The molecule has 0 saturated carbocycles. The summed E-state index contributed by atoms with van der Waals surface area (Å²) in [7, 11) is 0. The predicted octanol–water partition coefficient (Wildman–Crippen LogP) is 1.76. The third-order valence-corrected chi connectivity index (χ3v) is 1.96. The Morgan fingerprint density at radius 2 is 2.19 bits per heavy atom. The molecule has 0 atom stereocenters. The van der Waals surface area contributed by atoms with Crippen molar-refractivity contribution in [2.24, 2.45) is 0 Å². The summed E-state index contributed by atoms with van der Waals surface area (Å²) in [6.45, 7) is 5.84. The van der Waals surface area contributed by atoms with Gasteiger partial charge in [-0.1, -0.05) is 0 Å². The quantitative estimate of drug-likeness (QED) is 0.787. The van der Waals surface area contributed by atoms with Crippen LogP contribution in [0.5, 0.6) is 5.88 Å². The second kappa shape index (κ2) is 4.30. The lowest BCUT2D eigenvalue weighted by atomic mass is 10.4. The fourth-order valence-corrected chi connectivity index (χ4v) is 1.32. The molecule has 0 unspecified atom stereocenters. The molecule has 0 aliphatic carbocycles. The van der Waals surface area contributed by atoms with Crippen LogP contribution in [0, 0.1) is 6.92 Å². The van der Waals surface area contributed by atoms with Crippen LogP contribution in [0.15, 0.2) is 24.5 Å². The van der Waals surface area contributed by atoms with Crippen molar-refractivity contribution in [3.05, 3.63) is 30.2 Å². The largest absolute Gasteiger partial charge is 0.474 e. The van der Waals surface area contributed by atoms with Crippen molar-refractivity contribution in [2.75, 3.05) is 0 Å². The summed E-state index contributed by atoms with van der Waals surface area (Å²) in [5, 5.41) is 12.1. The molecule has 0 saturated heterocycles. The van der Waals surface area contributed by atoms with Crippen LogP contribution in [0.4, 0.5) is 0 Å². The van der Waals surface area contributed by atoms with E-state index < -0.39 is 0 Å². The fourth-order valence-electron chi connectivity index (χ4n) is 1.32. The lowest BCUT2D eigenvalue weighted by Gasteiger charge is -2.08. The summed E-state index contributed by atoms with van der Waals surface area (Å²) in [6.07, 6.45) is 3.62. The highest BCUT2D eigenvalue weighted by molar-refractivity contribution is 5.31. The van der Waals surface area contributed by atoms with Crippen LogP contribution in [0.25, 0.3) is 5.69 Å². The Balaban J connectivity index is 2.28. The van der Waals surface area contributed by atoms with Gasteiger partial charge < -0.3 is 4.74 Å². The van der Waals surface area contributed by atoms with Gasteiger partial charge in [0.15, 0.2) is 0 Å².